The van der Waals surface area contributed by atoms with Crippen LogP contribution in [0.2, 0.25) is 0 Å². The van der Waals surface area contributed by atoms with Crippen molar-refractivity contribution in [3.05, 3.63) is 35.9 Å². The summed E-state index contributed by atoms with van der Waals surface area (Å²) < 4.78 is 23.0. The number of rotatable bonds is 23. The summed E-state index contributed by atoms with van der Waals surface area (Å²) in [7, 11) is 1.42. The van der Waals surface area contributed by atoms with E-state index >= 15 is 0 Å². The molecule has 6 nitrogen and oxygen atoms in total. The fourth-order valence-corrected chi connectivity index (χ4v) is 5.24. The maximum atomic E-state index is 11.5. The number of hydrogen-bond donors (Lipinski definition) is 1. The van der Waals surface area contributed by atoms with Crippen molar-refractivity contribution in [2.24, 2.45) is 0 Å². The number of unbranched alkanes of at least 4 members (excludes halogenated alkanes) is 10. The van der Waals surface area contributed by atoms with Crippen LogP contribution >= 0.6 is 0 Å². The van der Waals surface area contributed by atoms with Crippen LogP contribution in [-0.4, -0.2) is 49.4 Å². The Balaban J connectivity index is 1.66. The molecule has 0 spiro atoms. The Hall–Kier alpha value is -1.47. The maximum Gasteiger partial charge on any atom is 0.305 e. The number of hydrogen-bond acceptors (Lipinski definition) is 6. The van der Waals surface area contributed by atoms with E-state index in [1.54, 1.807) is 0 Å². The lowest BCUT2D eigenvalue weighted by atomic mass is 10.0. The number of carbonyl (C=O) groups excluding carboxylic acids is 1. The second kappa shape index (κ2) is 21.4. The van der Waals surface area contributed by atoms with Crippen LogP contribution in [0.5, 0.6) is 0 Å². The molecule has 4 atom stereocenters. The van der Waals surface area contributed by atoms with Gasteiger partial charge in [0.15, 0.2) is 0 Å². The molecule has 2 rings (SSSR count). The second-order valence-corrected chi connectivity index (χ2v) is 10.8. The SMILES string of the molecule is CCCCCCCCCCCC[C@H](O)[C@@H]1CC[C@@H]([C@@H](CCCCC(=O)OC)OCOCc2ccccc2)O1. The van der Waals surface area contributed by atoms with E-state index in [2.05, 4.69) is 6.92 Å². The minimum absolute atomic E-state index is 0.0548. The number of aliphatic hydroxyl groups excluding tert-OH is 1. The molecule has 1 aliphatic rings. The first-order valence-corrected chi connectivity index (χ1v) is 15.3. The van der Waals surface area contributed by atoms with Gasteiger partial charge < -0.3 is 24.1 Å². The van der Waals surface area contributed by atoms with Gasteiger partial charge in [0.1, 0.15) is 6.79 Å². The summed E-state index contributed by atoms with van der Waals surface area (Å²) in [5.41, 5.74) is 1.11. The molecule has 1 saturated heterocycles. The van der Waals surface area contributed by atoms with Crippen molar-refractivity contribution in [3.8, 4) is 0 Å². The van der Waals surface area contributed by atoms with Gasteiger partial charge in [-0.05, 0) is 37.7 Å². The lowest BCUT2D eigenvalue weighted by molar-refractivity contribution is -0.150. The molecule has 1 N–H and O–H groups in total. The van der Waals surface area contributed by atoms with Gasteiger partial charge in [-0.3, -0.25) is 4.79 Å². The zero-order valence-electron chi connectivity index (χ0n) is 24.1. The van der Waals surface area contributed by atoms with Crippen LogP contribution in [0.25, 0.3) is 0 Å². The van der Waals surface area contributed by atoms with E-state index in [0.717, 1.165) is 50.5 Å². The van der Waals surface area contributed by atoms with Gasteiger partial charge in [-0.2, -0.15) is 0 Å². The van der Waals surface area contributed by atoms with E-state index in [1.165, 1.54) is 64.9 Å². The van der Waals surface area contributed by atoms with Crippen molar-refractivity contribution in [2.75, 3.05) is 13.9 Å². The highest BCUT2D eigenvalue weighted by Gasteiger charge is 2.35. The first-order valence-electron chi connectivity index (χ1n) is 15.3. The molecule has 0 radical (unpaired) electrons. The van der Waals surface area contributed by atoms with Crippen LogP contribution in [0.15, 0.2) is 30.3 Å². The molecule has 1 aliphatic heterocycles. The Morgan fingerprint density at radius 3 is 2.21 bits per heavy atom. The van der Waals surface area contributed by atoms with Crippen LogP contribution < -0.4 is 0 Å². The van der Waals surface area contributed by atoms with E-state index in [4.69, 9.17) is 18.9 Å². The predicted octanol–water partition coefficient (Wildman–Crippen LogP) is 7.50. The fraction of sp³-hybridized carbons (Fsp3) is 0.781. The summed E-state index contributed by atoms with van der Waals surface area (Å²) in [4.78, 5) is 11.5. The Kier molecular flexibility index (Phi) is 18.4. The van der Waals surface area contributed by atoms with Gasteiger partial charge in [0.2, 0.25) is 0 Å². The fourth-order valence-electron chi connectivity index (χ4n) is 5.24. The number of esters is 1. The van der Waals surface area contributed by atoms with E-state index in [9.17, 15) is 9.90 Å². The van der Waals surface area contributed by atoms with E-state index in [0.29, 0.717) is 13.0 Å². The van der Waals surface area contributed by atoms with Crippen LogP contribution in [0, 0.1) is 0 Å². The number of benzene rings is 1. The highest BCUT2D eigenvalue weighted by Crippen LogP contribution is 2.30. The van der Waals surface area contributed by atoms with Crippen LogP contribution in [-0.2, 0) is 30.3 Å². The van der Waals surface area contributed by atoms with Crippen molar-refractivity contribution in [2.45, 2.75) is 147 Å². The summed E-state index contributed by atoms with van der Waals surface area (Å²) in [6.45, 7) is 2.96. The molecule has 0 unspecified atom stereocenters. The summed E-state index contributed by atoms with van der Waals surface area (Å²) in [5, 5.41) is 10.8. The molecule has 1 aromatic rings. The monoisotopic (exact) mass is 534 g/mol. The first kappa shape index (κ1) is 32.7. The topological polar surface area (TPSA) is 74.2 Å². The maximum absolute atomic E-state index is 11.5. The molecule has 6 heteroatoms. The third-order valence-corrected chi connectivity index (χ3v) is 7.61. The number of carbonyl (C=O) groups is 1. The predicted molar refractivity (Wildman–Crippen MR) is 152 cm³/mol. The number of aliphatic hydroxyl groups is 1. The van der Waals surface area contributed by atoms with E-state index in [1.807, 2.05) is 30.3 Å². The van der Waals surface area contributed by atoms with E-state index < -0.39 is 6.10 Å². The van der Waals surface area contributed by atoms with Gasteiger partial charge >= 0.3 is 5.97 Å². The van der Waals surface area contributed by atoms with Crippen LogP contribution in [0.3, 0.4) is 0 Å². The average Bonchev–Trinajstić information content (AvgIpc) is 3.44. The standard InChI is InChI=1S/C32H54O6/c1-3-4-5-6-7-8-9-10-11-15-20-28(33)29-23-24-31(38-29)30(21-16-17-22-32(34)35-2)37-26-36-25-27-18-13-12-14-19-27/h12-14,18-19,28-31,33H,3-11,15-17,20-26H2,1-2H3/t28-,29-,30+,31-/m0/s1. The molecule has 0 saturated carbocycles. The van der Waals surface area contributed by atoms with Gasteiger partial charge in [-0.25, -0.2) is 0 Å². The Bertz CT molecular complexity index is 696. The number of methoxy groups -OCH3 is 1. The molecule has 218 valence electrons. The molecular weight excluding hydrogens is 480 g/mol. The minimum Gasteiger partial charge on any atom is -0.469 e. The Labute approximate surface area is 231 Å². The minimum atomic E-state index is -0.414. The normalized spacial score (nSPS) is 18.9. The molecule has 0 amide bonds. The van der Waals surface area contributed by atoms with Crippen molar-refractivity contribution in [1.82, 2.24) is 0 Å². The second-order valence-electron chi connectivity index (χ2n) is 10.8. The molecule has 1 fully saturated rings. The summed E-state index contributed by atoms with van der Waals surface area (Å²) >= 11 is 0. The number of ether oxygens (including phenoxy) is 4. The Morgan fingerprint density at radius 1 is 0.895 bits per heavy atom. The molecule has 38 heavy (non-hydrogen) atoms. The van der Waals surface area contributed by atoms with Crippen LogP contribution in [0.4, 0.5) is 0 Å². The third-order valence-electron chi connectivity index (χ3n) is 7.61. The first-order chi connectivity index (χ1) is 18.6. The summed E-state index contributed by atoms with van der Waals surface area (Å²) in [6.07, 6.45) is 17.6. The summed E-state index contributed by atoms with van der Waals surface area (Å²) in [6, 6.07) is 10.0. The largest absolute Gasteiger partial charge is 0.469 e. The molecule has 0 aliphatic carbocycles. The molecule has 0 bridgehead atoms. The molecule has 0 aromatic heterocycles. The molecule has 1 aromatic carbocycles. The van der Waals surface area contributed by atoms with Gasteiger partial charge in [-0.1, -0.05) is 108 Å². The highest BCUT2D eigenvalue weighted by molar-refractivity contribution is 5.68. The summed E-state index contributed by atoms with van der Waals surface area (Å²) in [5.74, 6) is -0.180. The highest BCUT2D eigenvalue weighted by atomic mass is 16.7. The van der Waals surface area contributed by atoms with Gasteiger partial charge in [0, 0.05) is 6.42 Å². The molecule has 1 heterocycles. The zero-order valence-corrected chi connectivity index (χ0v) is 24.1. The smallest absolute Gasteiger partial charge is 0.305 e. The zero-order chi connectivity index (χ0) is 27.3. The molecular formula is C32H54O6. The van der Waals surface area contributed by atoms with Crippen molar-refractivity contribution in [1.29, 1.82) is 0 Å². The van der Waals surface area contributed by atoms with Crippen molar-refractivity contribution in [3.63, 3.8) is 0 Å². The third kappa shape index (κ3) is 14.6. The quantitative estimate of drug-likeness (QED) is 0.0890. The van der Waals surface area contributed by atoms with Crippen molar-refractivity contribution >= 4 is 5.97 Å². The van der Waals surface area contributed by atoms with Crippen molar-refractivity contribution < 1.29 is 28.8 Å². The van der Waals surface area contributed by atoms with E-state index in [-0.39, 0.29) is 31.1 Å². The average molecular weight is 535 g/mol. The van der Waals surface area contributed by atoms with Gasteiger partial charge in [0.25, 0.3) is 0 Å². The van der Waals surface area contributed by atoms with Gasteiger partial charge in [-0.15, -0.1) is 0 Å². The lowest BCUT2D eigenvalue weighted by Gasteiger charge is -2.26. The van der Waals surface area contributed by atoms with Crippen LogP contribution in [0.1, 0.15) is 122 Å². The lowest BCUT2D eigenvalue weighted by Crippen LogP contribution is -2.33. The van der Waals surface area contributed by atoms with Gasteiger partial charge in [0.05, 0.1) is 38.1 Å². The Morgan fingerprint density at radius 2 is 1.53 bits per heavy atom.